The van der Waals surface area contributed by atoms with Crippen LogP contribution in [0.5, 0.6) is 5.75 Å². The molecule has 1 aliphatic heterocycles. The van der Waals surface area contributed by atoms with Crippen molar-refractivity contribution in [2.24, 2.45) is 0 Å². The summed E-state index contributed by atoms with van der Waals surface area (Å²) in [6.45, 7) is 10.8. The molecular weight excluding hydrogens is 334 g/mol. The van der Waals surface area contributed by atoms with Gasteiger partial charge in [-0.1, -0.05) is 44.2 Å². The number of nitrogens with zero attached hydrogens (tertiary/aromatic N) is 2. The van der Waals surface area contributed by atoms with E-state index >= 15 is 0 Å². The minimum atomic E-state index is 0.0966. The lowest BCUT2D eigenvalue weighted by Gasteiger charge is -2.32. The fraction of sp³-hybridized carbons (Fsp3) is 0.478. The summed E-state index contributed by atoms with van der Waals surface area (Å²) in [5.41, 5.74) is 4.04. The van der Waals surface area contributed by atoms with Crippen molar-refractivity contribution >= 4 is 5.69 Å². The van der Waals surface area contributed by atoms with Gasteiger partial charge in [0.05, 0.1) is 6.04 Å². The molecule has 1 fully saturated rings. The maximum absolute atomic E-state index is 6.65. The third kappa shape index (κ3) is 3.83. The molecule has 0 spiro atoms. The molecule has 2 aromatic carbocycles. The number of rotatable bonds is 6. The van der Waals surface area contributed by atoms with Crippen LogP contribution in [0.3, 0.4) is 0 Å². The van der Waals surface area contributed by atoms with E-state index in [0.29, 0.717) is 6.04 Å². The van der Waals surface area contributed by atoms with Crippen LogP contribution in [-0.2, 0) is 6.42 Å². The lowest BCUT2D eigenvalue weighted by molar-refractivity contribution is 0.0849. The monoisotopic (exact) mass is 365 g/mol. The van der Waals surface area contributed by atoms with Crippen molar-refractivity contribution in [3.63, 3.8) is 0 Å². The van der Waals surface area contributed by atoms with Gasteiger partial charge < -0.3 is 15.0 Å². The molecule has 4 rings (SSSR count). The molecule has 1 aliphatic carbocycles. The molecule has 0 aromatic heterocycles. The maximum Gasteiger partial charge on any atom is 0.140 e. The third-order valence-electron chi connectivity index (χ3n) is 5.98. The summed E-state index contributed by atoms with van der Waals surface area (Å²) in [5, 5.41) is 3.42. The van der Waals surface area contributed by atoms with Gasteiger partial charge in [0, 0.05) is 37.9 Å². The first-order valence-electron chi connectivity index (χ1n) is 10.3. The van der Waals surface area contributed by atoms with E-state index in [0.717, 1.165) is 51.4 Å². The summed E-state index contributed by atoms with van der Waals surface area (Å²) in [4.78, 5) is 4.97. The van der Waals surface area contributed by atoms with Gasteiger partial charge in [0.2, 0.25) is 0 Å². The molecule has 1 saturated heterocycles. The van der Waals surface area contributed by atoms with Crippen LogP contribution in [0.2, 0.25) is 0 Å². The van der Waals surface area contributed by atoms with Gasteiger partial charge in [0.1, 0.15) is 11.9 Å². The largest absolute Gasteiger partial charge is 0.484 e. The molecule has 4 heteroatoms. The average molecular weight is 366 g/mol. The van der Waals surface area contributed by atoms with Crippen LogP contribution in [0.25, 0.3) is 0 Å². The Morgan fingerprint density at radius 1 is 1.04 bits per heavy atom. The van der Waals surface area contributed by atoms with Crippen molar-refractivity contribution in [3.05, 3.63) is 59.7 Å². The first-order valence-corrected chi connectivity index (χ1v) is 10.3. The van der Waals surface area contributed by atoms with Crippen LogP contribution in [0.1, 0.15) is 31.1 Å². The fourth-order valence-corrected chi connectivity index (χ4v) is 4.52. The molecule has 4 nitrogen and oxygen atoms in total. The normalized spacial score (nSPS) is 22.1. The lowest BCUT2D eigenvalue weighted by Crippen LogP contribution is -2.43. The molecule has 27 heavy (non-hydrogen) atoms. The summed E-state index contributed by atoms with van der Waals surface area (Å²) < 4.78 is 6.65. The lowest BCUT2D eigenvalue weighted by atomic mass is 10.1. The number of hydrogen-bond donors (Lipinski definition) is 1. The van der Waals surface area contributed by atoms with E-state index < -0.39 is 0 Å². The van der Waals surface area contributed by atoms with Gasteiger partial charge in [-0.25, -0.2) is 0 Å². The molecule has 2 atom stereocenters. The molecule has 0 bridgehead atoms. The van der Waals surface area contributed by atoms with Gasteiger partial charge in [-0.3, -0.25) is 4.90 Å². The number of anilines is 1. The van der Waals surface area contributed by atoms with Gasteiger partial charge in [0.25, 0.3) is 0 Å². The summed E-state index contributed by atoms with van der Waals surface area (Å²) in [6.07, 6.45) is 1.17. The third-order valence-corrected chi connectivity index (χ3v) is 5.98. The number of likely N-dealkylation sites (N-methyl/N-ethyl adjacent to an activating group) is 1. The van der Waals surface area contributed by atoms with Crippen molar-refractivity contribution < 1.29 is 4.74 Å². The highest BCUT2D eigenvalue weighted by atomic mass is 16.5. The van der Waals surface area contributed by atoms with Crippen LogP contribution in [-0.4, -0.2) is 50.2 Å². The number of hydrogen-bond acceptors (Lipinski definition) is 4. The number of ether oxygens (including phenoxy) is 1. The Kier molecular flexibility index (Phi) is 5.65. The van der Waals surface area contributed by atoms with Gasteiger partial charge in [0.15, 0.2) is 0 Å². The maximum atomic E-state index is 6.65. The fourth-order valence-electron chi connectivity index (χ4n) is 4.52. The molecule has 0 radical (unpaired) electrons. The Hall–Kier alpha value is -2.04. The Labute approximate surface area is 163 Å². The molecule has 1 N–H and O–H groups in total. The number of fused-ring (bicyclic) bond motifs is 1. The van der Waals surface area contributed by atoms with E-state index in [1.807, 2.05) is 0 Å². The number of benzene rings is 2. The Bertz CT molecular complexity index is 753. The predicted octanol–water partition coefficient (Wildman–Crippen LogP) is 3.48. The zero-order valence-electron chi connectivity index (χ0n) is 16.5. The van der Waals surface area contributed by atoms with E-state index in [1.165, 1.54) is 16.8 Å². The number of piperazine rings is 1. The zero-order valence-corrected chi connectivity index (χ0v) is 16.5. The standard InChI is InChI=1S/C23H31N3O/c1-3-25(4-2)22-16-18-8-5-6-11-21(18)23(22)27-20-10-7-9-19(17-20)26-14-12-24-13-15-26/h5-11,17,22-24H,3-4,12-16H2,1-2H3/t22-,23-/m1/s1. The molecule has 144 valence electrons. The van der Waals surface area contributed by atoms with Crippen LogP contribution in [0, 0.1) is 0 Å². The van der Waals surface area contributed by atoms with Gasteiger partial charge in [-0.2, -0.15) is 0 Å². The second kappa shape index (κ2) is 8.32. The molecule has 0 saturated carbocycles. The topological polar surface area (TPSA) is 27.7 Å². The zero-order chi connectivity index (χ0) is 18.6. The average Bonchev–Trinajstić information content (AvgIpc) is 3.08. The first-order chi connectivity index (χ1) is 13.3. The first kappa shape index (κ1) is 18.3. The molecular formula is C23H31N3O. The van der Waals surface area contributed by atoms with E-state index in [-0.39, 0.29) is 6.10 Å². The van der Waals surface area contributed by atoms with Crippen molar-refractivity contribution in [2.45, 2.75) is 32.4 Å². The highest BCUT2D eigenvalue weighted by molar-refractivity contribution is 5.51. The van der Waals surface area contributed by atoms with E-state index in [9.17, 15) is 0 Å². The highest BCUT2D eigenvalue weighted by Crippen LogP contribution is 2.38. The van der Waals surface area contributed by atoms with Crippen LogP contribution in [0.4, 0.5) is 5.69 Å². The van der Waals surface area contributed by atoms with Gasteiger partial charge in [-0.05, 0) is 42.8 Å². The van der Waals surface area contributed by atoms with Crippen molar-refractivity contribution in [1.29, 1.82) is 0 Å². The molecule has 2 aliphatic rings. The molecule has 0 amide bonds. The molecule has 1 heterocycles. The summed E-state index contributed by atoms with van der Waals surface area (Å²) in [6, 6.07) is 17.8. The van der Waals surface area contributed by atoms with Crippen molar-refractivity contribution in [1.82, 2.24) is 10.2 Å². The van der Waals surface area contributed by atoms with Gasteiger partial charge in [-0.15, -0.1) is 0 Å². The summed E-state index contributed by atoms with van der Waals surface area (Å²) in [7, 11) is 0. The summed E-state index contributed by atoms with van der Waals surface area (Å²) >= 11 is 0. The predicted molar refractivity (Wildman–Crippen MR) is 112 cm³/mol. The van der Waals surface area contributed by atoms with Crippen molar-refractivity contribution in [3.8, 4) is 5.75 Å². The van der Waals surface area contributed by atoms with Crippen LogP contribution >= 0.6 is 0 Å². The smallest absolute Gasteiger partial charge is 0.140 e. The second-order valence-electron chi connectivity index (χ2n) is 7.46. The van der Waals surface area contributed by atoms with Crippen LogP contribution < -0.4 is 15.0 Å². The van der Waals surface area contributed by atoms with E-state index in [1.54, 1.807) is 0 Å². The van der Waals surface area contributed by atoms with Gasteiger partial charge >= 0.3 is 0 Å². The Morgan fingerprint density at radius 2 is 1.81 bits per heavy atom. The second-order valence-corrected chi connectivity index (χ2v) is 7.46. The highest BCUT2D eigenvalue weighted by Gasteiger charge is 2.37. The van der Waals surface area contributed by atoms with Crippen molar-refractivity contribution in [2.75, 3.05) is 44.2 Å². The number of nitrogens with one attached hydrogen (secondary N) is 1. The molecule has 0 unspecified atom stereocenters. The van der Waals surface area contributed by atoms with E-state index in [4.69, 9.17) is 4.74 Å². The Morgan fingerprint density at radius 3 is 2.59 bits per heavy atom. The minimum absolute atomic E-state index is 0.0966. The SMILES string of the molecule is CCN(CC)[C@@H]1Cc2ccccc2[C@H]1Oc1cccc(N2CCNCC2)c1. The van der Waals surface area contributed by atoms with Crippen LogP contribution in [0.15, 0.2) is 48.5 Å². The van der Waals surface area contributed by atoms with E-state index in [2.05, 4.69) is 77.5 Å². The quantitative estimate of drug-likeness (QED) is 0.848. The molecule has 2 aromatic rings. The Balaban J connectivity index is 1.59. The summed E-state index contributed by atoms with van der Waals surface area (Å²) in [5.74, 6) is 0.977. The minimum Gasteiger partial charge on any atom is -0.484 e.